The molecule has 0 spiro atoms. The molecular formula is C21H25N3O. The molecule has 0 radical (unpaired) electrons. The summed E-state index contributed by atoms with van der Waals surface area (Å²) in [6.07, 6.45) is 4.44. The molecule has 2 heterocycles. The summed E-state index contributed by atoms with van der Waals surface area (Å²) in [7, 11) is 3.90. The van der Waals surface area contributed by atoms with Gasteiger partial charge in [-0.2, -0.15) is 0 Å². The lowest BCUT2D eigenvalue weighted by atomic mass is 10.0. The number of methoxy groups -OCH3 is 1. The van der Waals surface area contributed by atoms with Crippen LogP contribution in [0, 0.1) is 0 Å². The van der Waals surface area contributed by atoms with Crippen LogP contribution in [0.1, 0.15) is 48.5 Å². The third-order valence-electron chi connectivity index (χ3n) is 5.36. The highest BCUT2D eigenvalue weighted by atomic mass is 16.5. The van der Waals surface area contributed by atoms with Gasteiger partial charge in [-0.25, -0.2) is 4.98 Å². The molecule has 0 saturated heterocycles. The lowest BCUT2D eigenvalue weighted by Gasteiger charge is -2.25. The van der Waals surface area contributed by atoms with Gasteiger partial charge in [-0.1, -0.05) is 12.1 Å². The summed E-state index contributed by atoms with van der Waals surface area (Å²) in [5.41, 5.74) is 5.12. The molecule has 0 amide bonds. The minimum absolute atomic E-state index is 0.333. The number of hydrogen-bond donors (Lipinski definition) is 1. The standard InChI is InChI=1S/C21H25N3O/c1-14(15-8-10-17(25-3)11-9-15)24(2)13-19-18-5-4-12-22-21(18)23-20(19)16-6-7-16/h4-5,8-12,14,16H,6-7,13H2,1-3H3,(H,22,23)/t14-/m1/s1. The van der Waals surface area contributed by atoms with Crippen LogP contribution < -0.4 is 4.74 Å². The summed E-state index contributed by atoms with van der Waals surface area (Å²) < 4.78 is 5.27. The van der Waals surface area contributed by atoms with Crippen molar-refractivity contribution >= 4 is 11.0 Å². The monoisotopic (exact) mass is 335 g/mol. The molecule has 25 heavy (non-hydrogen) atoms. The number of rotatable bonds is 6. The largest absolute Gasteiger partial charge is 0.497 e. The van der Waals surface area contributed by atoms with E-state index in [9.17, 15) is 0 Å². The zero-order chi connectivity index (χ0) is 17.4. The first-order valence-electron chi connectivity index (χ1n) is 8.97. The Morgan fingerprint density at radius 1 is 1.24 bits per heavy atom. The van der Waals surface area contributed by atoms with Gasteiger partial charge >= 0.3 is 0 Å². The number of benzene rings is 1. The minimum atomic E-state index is 0.333. The number of H-pyrrole nitrogens is 1. The summed E-state index contributed by atoms with van der Waals surface area (Å²) >= 11 is 0. The number of ether oxygens (including phenoxy) is 1. The van der Waals surface area contributed by atoms with E-state index in [1.165, 1.54) is 35.0 Å². The van der Waals surface area contributed by atoms with Crippen molar-refractivity contribution in [1.82, 2.24) is 14.9 Å². The van der Waals surface area contributed by atoms with Crippen LogP contribution in [0.5, 0.6) is 5.75 Å². The first-order chi connectivity index (χ1) is 12.2. The highest BCUT2D eigenvalue weighted by Gasteiger charge is 2.29. The molecule has 130 valence electrons. The van der Waals surface area contributed by atoms with E-state index in [4.69, 9.17) is 4.74 Å². The van der Waals surface area contributed by atoms with Gasteiger partial charge in [0.15, 0.2) is 0 Å². The molecule has 1 aromatic carbocycles. The Balaban J connectivity index is 1.60. The maximum atomic E-state index is 5.27. The van der Waals surface area contributed by atoms with Crippen molar-refractivity contribution in [3.05, 3.63) is 59.4 Å². The van der Waals surface area contributed by atoms with Crippen LogP contribution in [0.25, 0.3) is 11.0 Å². The second-order valence-electron chi connectivity index (χ2n) is 7.06. The number of pyridine rings is 1. The highest BCUT2D eigenvalue weighted by Crippen LogP contribution is 2.43. The molecule has 1 aliphatic rings. The van der Waals surface area contributed by atoms with Gasteiger partial charge in [0.2, 0.25) is 0 Å². The van der Waals surface area contributed by atoms with E-state index >= 15 is 0 Å². The van der Waals surface area contributed by atoms with Crippen LogP contribution in [0.3, 0.4) is 0 Å². The molecule has 1 N–H and O–H groups in total. The predicted octanol–water partition coefficient (Wildman–Crippen LogP) is 4.64. The Hall–Kier alpha value is -2.33. The molecule has 0 bridgehead atoms. The zero-order valence-corrected chi connectivity index (χ0v) is 15.1. The number of fused-ring (bicyclic) bond motifs is 1. The van der Waals surface area contributed by atoms with Crippen molar-refractivity contribution in [2.75, 3.05) is 14.2 Å². The summed E-state index contributed by atoms with van der Waals surface area (Å²) in [6.45, 7) is 3.18. The maximum Gasteiger partial charge on any atom is 0.137 e. The molecule has 2 aromatic heterocycles. The number of aromatic amines is 1. The van der Waals surface area contributed by atoms with Gasteiger partial charge < -0.3 is 9.72 Å². The van der Waals surface area contributed by atoms with Crippen molar-refractivity contribution in [3.63, 3.8) is 0 Å². The Morgan fingerprint density at radius 2 is 2.00 bits per heavy atom. The highest BCUT2D eigenvalue weighted by molar-refractivity contribution is 5.81. The second-order valence-corrected chi connectivity index (χ2v) is 7.06. The van der Waals surface area contributed by atoms with Crippen LogP contribution >= 0.6 is 0 Å². The SMILES string of the molecule is COc1ccc([C@@H](C)N(C)Cc2c(C3CC3)[nH]c3ncccc23)cc1. The minimum Gasteiger partial charge on any atom is -0.497 e. The molecule has 1 fully saturated rings. The van der Waals surface area contributed by atoms with Gasteiger partial charge in [0.05, 0.1) is 7.11 Å². The number of hydrogen-bond acceptors (Lipinski definition) is 3. The third kappa shape index (κ3) is 3.14. The Bertz CT molecular complexity index is 864. The average Bonchev–Trinajstić information content (AvgIpc) is 3.44. The maximum absolute atomic E-state index is 5.27. The fraction of sp³-hybridized carbons (Fsp3) is 0.381. The van der Waals surface area contributed by atoms with E-state index in [1.54, 1.807) is 7.11 Å². The van der Waals surface area contributed by atoms with Gasteiger partial charge in [-0.05, 0) is 68.1 Å². The number of nitrogens with zero attached hydrogens (tertiary/aromatic N) is 2. The Kier molecular flexibility index (Phi) is 4.22. The van der Waals surface area contributed by atoms with Crippen LogP contribution in [0.15, 0.2) is 42.6 Å². The Morgan fingerprint density at radius 3 is 2.68 bits per heavy atom. The number of aromatic nitrogens is 2. The van der Waals surface area contributed by atoms with Crippen molar-refractivity contribution in [2.24, 2.45) is 0 Å². The smallest absolute Gasteiger partial charge is 0.137 e. The first kappa shape index (κ1) is 16.2. The molecule has 1 aliphatic carbocycles. The van der Waals surface area contributed by atoms with Gasteiger partial charge in [-0.3, -0.25) is 4.90 Å². The second kappa shape index (κ2) is 6.52. The topological polar surface area (TPSA) is 41.1 Å². The van der Waals surface area contributed by atoms with Crippen molar-refractivity contribution in [1.29, 1.82) is 0 Å². The van der Waals surface area contributed by atoms with Crippen LogP contribution in [0.4, 0.5) is 0 Å². The quantitative estimate of drug-likeness (QED) is 0.713. The van der Waals surface area contributed by atoms with Crippen molar-refractivity contribution in [3.8, 4) is 5.75 Å². The van der Waals surface area contributed by atoms with Gasteiger partial charge in [0, 0.05) is 29.9 Å². The van der Waals surface area contributed by atoms with E-state index < -0.39 is 0 Å². The van der Waals surface area contributed by atoms with Gasteiger partial charge in [0.25, 0.3) is 0 Å². The van der Waals surface area contributed by atoms with Crippen LogP contribution in [-0.4, -0.2) is 29.0 Å². The van der Waals surface area contributed by atoms with Gasteiger partial charge in [0.1, 0.15) is 11.4 Å². The molecule has 4 heteroatoms. The summed E-state index contributed by atoms with van der Waals surface area (Å²) in [4.78, 5) is 10.5. The van der Waals surface area contributed by atoms with E-state index in [1.807, 2.05) is 24.4 Å². The number of nitrogens with one attached hydrogen (secondary N) is 1. The molecule has 4 nitrogen and oxygen atoms in total. The third-order valence-corrected chi connectivity index (χ3v) is 5.36. The molecular weight excluding hydrogens is 310 g/mol. The fourth-order valence-corrected chi connectivity index (χ4v) is 3.51. The van der Waals surface area contributed by atoms with E-state index in [2.05, 4.69) is 47.0 Å². The van der Waals surface area contributed by atoms with E-state index in [0.717, 1.165) is 17.9 Å². The molecule has 0 aliphatic heterocycles. The lowest BCUT2D eigenvalue weighted by Crippen LogP contribution is -2.22. The predicted molar refractivity (Wildman–Crippen MR) is 101 cm³/mol. The lowest BCUT2D eigenvalue weighted by molar-refractivity contribution is 0.253. The van der Waals surface area contributed by atoms with Gasteiger partial charge in [-0.15, -0.1) is 0 Å². The van der Waals surface area contributed by atoms with Crippen LogP contribution in [0.2, 0.25) is 0 Å². The summed E-state index contributed by atoms with van der Waals surface area (Å²) in [5, 5.41) is 1.26. The van der Waals surface area contributed by atoms with E-state index in [0.29, 0.717) is 12.0 Å². The molecule has 4 rings (SSSR count). The molecule has 3 aromatic rings. The summed E-state index contributed by atoms with van der Waals surface area (Å²) in [5.74, 6) is 1.59. The van der Waals surface area contributed by atoms with Crippen molar-refractivity contribution < 1.29 is 4.74 Å². The van der Waals surface area contributed by atoms with Crippen LogP contribution in [-0.2, 0) is 6.54 Å². The molecule has 1 atom stereocenters. The molecule has 1 saturated carbocycles. The average molecular weight is 335 g/mol. The van der Waals surface area contributed by atoms with E-state index in [-0.39, 0.29) is 0 Å². The summed E-state index contributed by atoms with van der Waals surface area (Å²) in [6, 6.07) is 12.9. The first-order valence-corrected chi connectivity index (χ1v) is 8.97. The normalized spacial score (nSPS) is 15.7. The fourth-order valence-electron chi connectivity index (χ4n) is 3.51. The molecule has 0 unspecified atom stereocenters. The Labute approximate surface area is 148 Å². The van der Waals surface area contributed by atoms with Crippen molar-refractivity contribution in [2.45, 2.75) is 38.3 Å². The zero-order valence-electron chi connectivity index (χ0n) is 15.1.